The molecule has 0 aliphatic carbocycles. The van der Waals surface area contributed by atoms with Gasteiger partial charge in [-0.15, -0.1) is 0 Å². The van der Waals surface area contributed by atoms with Crippen molar-refractivity contribution in [3.63, 3.8) is 0 Å². The Labute approximate surface area is 158 Å². The smallest absolute Gasteiger partial charge is 0.273 e. The highest BCUT2D eigenvalue weighted by Crippen LogP contribution is 2.30. The standard InChI is InChI=1S/C17H25F5O4Si/c1-9(2)24-17(26-27,25-10(3)4)7-5-6-8-23-16-14(21)12(19)11(18)13(20)15(16)22/h9-10H,5-8H2,1-4,27H3. The van der Waals surface area contributed by atoms with Crippen molar-refractivity contribution in [1.82, 2.24) is 0 Å². The summed E-state index contributed by atoms with van der Waals surface area (Å²) in [6, 6.07) is 0. The van der Waals surface area contributed by atoms with E-state index in [0.717, 1.165) is 0 Å². The van der Waals surface area contributed by atoms with Gasteiger partial charge in [-0.2, -0.15) is 8.78 Å². The van der Waals surface area contributed by atoms with Crippen LogP contribution in [-0.2, 0) is 13.9 Å². The molecule has 1 aromatic carbocycles. The Morgan fingerprint density at radius 3 is 1.63 bits per heavy atom. The Balaban J connectivity index is 2.68. The van der Waals surface area contributed by atoms with E-state index in [1.807, 2.05) is 27.7 Å². The molecule has 0 aliphatic heterocycles. The Morgan fingerprint density at radius 1 is 0.778 bits per heavy atom. The van der Waals surface area contributed by atoms with E-state index in [2.05, 4.69) is 0 Å². The third kappa shape index (κ3) is 6.41. The predicted molar refractivity (Wildman–Crippen MR) is 91.8 cm³/mol. The van der Waals surface area contributed by atoms with Crippen LogP contribution in [0.3, 0.4) is 0 Å². The quantitative estimate of drug-likeness (QED) is 0.138. The van der Waals surface area contributed by atoms with Crippen molar-refractivity contribution in [2.45, 2.75) is 65.1 Å². The largest absolute Gasteiger partial charge is 0.487 e. The third-order valence-corrected chi connectivity index (χ3v) is 4.06. The monoisotopic (exact) mass is 416 g/mol. The summed E-state index contributed by atoms with van der Waals surface area (Å²) < 4.78 is 88.1. The van der Waals surface area contributed by atoms with Gasteiger partial charge in [0.05, 0.1) is 18.8 Å². The molecule has 0 N–H and O–H groups in total. The molecular formula is C17H25F5O4Si. The summed E-state index contributed by atoms with van der Waals surface area (Å²) in [4.78, 5) is 0. The van der Waals surface area contributed by atoms with Gasteiger partial charge in [0.1, 0.15) is 0 Å². The lowest BCUT2D eigenvalue weighted by atomic mass is 10.2. The predicted octanol–water partition coefficient (Wildman–Crippen LogP) is 3.73. The van der Waals surface area contributed by atoms with Crippen LogP contribution in [0.1, 0.15) is 47.0 Å². The van der Waals surface area contributed by atoms with Crippen LogP contribution in [0.5, 0.6) is 5.75 Å². The zero-order chi connectivity index (χ0) is 20.8. The Kier molecular flexibility index (Phi) is 9.12. The fourth-order valence-electron chi connectivity index (χ4n) is 2.39. The highest BCUT2D eigenvalue weighted by atomic mass is 28.2. The van der Waals surface area contributed by atoms with Gasteiger partial charge < -0.3 is 18.6 Å². The van der Waals surface area contributed by atoms with Crippen molar-refractivity contribution in [3.05, 3.63) is 29.1 Å². The van der Waals surface area contributed by atoms with E-state index in [1.54, 1.807) is 0 Å². The summed E-state index contributed by atoms with van der Waals surface area (Å²) in [5.41, 5.74) is 0. The molecule has 0 amide bonds. The molecule has 0 atom stereocenters. The first-order valence-electron chi connectivity index (χ1n) is 8.59. The van der Waals surface area contributed by atoms with Crippen LogP contribution in [0.4, 0.5) is 22.0 Å². The minimum atomic E-state index is -2.22. The molecule has 0 unspecified atom stereocenters. The molecule has 0 aromatic heterocycles. The molecule has 10 heteroatoms. The first-order chi connectivity index (χ1) is 12.5. The van der Waals surface area contributed by atoms with Crippen molar-refractivity contribution in [1.29, 1.82) is 0 Å². The fraction of sp³-hybridized carbons (Fsp3) is 0.647. The molecule has 1 rings (SSSR count). The van der Waals surface area contributed by atoms with Crippen LogP contribution in [0, 0.1) is 29.1 Å². The maximum Gasteiger partial charge on any atom is 0.273 e. The van der Waals surface area contributed by atoms with Gasteiger partial charge in [-0.1, -0.05) is 0 Å². The average Bonchev–Trinajstić information content (AvgIpc) is 2.59. The van der Waals surface area contributed by atoms with E-state index in [-0.39, 0.29) is 25.2 Å². The van der Waals surface area contributed by atoms with E-state index in [4.69, 9.17) is 18.6 Å². The van der Waals surface area contributed by atoms with Gasteiger partial charge in [-0.25, -0.2) is 13.2 Å². The molecule has 0 radical (unpaired) electrons. The Bertz CT molecular complexity index is 589. The molecular weight excluding hydrogens is 391 g/mol. The van der Waals surface area contributed by atoms with Crippen LogP contribution in [0.25, 0.3) is 0 Å². The first kappa shape index (κ1) is 23.8. The fourth-order valence-corrected chi connectivity index (χ4v) is 2.79. The lowest BCUT2D eigenvalue weighted by Crippen LogP contribution is -2.42. The van der Waals surface area contributed by atoms with Gasteiger partial charge in [0, 0.05) is 6.42 Å². The van der Waals surface area contributed by atoms with E-state index in [0.29, 0.717) is 23.3 Å². The number of ether oxygens (including phenoxy) is 3. The molecule has 0 saturated heterocycles. The van der Waals surface area contributed by atoms with Crippen molar-refractivity contribution in [2.75, 3.05) is 6.61 Å². The molecule has 4 nitrogen and oxygen atoms in total. The minimum Gasteiger partial charge on any atom is -0.487 e. The lowest BCUT2D eigenvalue weighted by Gasteiger charge is -2.35. The number of halogens is 5. The van der Waals surface area contributed by atoms with Gasteiger partial charge >= 0.3 is 0 Å². The van der Waals surface area contributed by atoms with Crippen molar-refractivity contribution >= 4 is 10.5 Å². The van der Waals surface area contributed by atoms with Crippen molar-refractivity contribution in [2.24, 2.45) is 0 Å². The van der Waals surface area contributed by atoms with Crippen molar-refractivity contribution in [3.8, 4) is 5.75 Å². The zero-order valence-corrected chi connectivity index (χ0v) is 18.0. The number of rotatable bonds is 11. The van der Waals surface area contributed by atoms with E-state index < -0.39 is 40.8 Å². The number of unbranched alkanes of at least 4 members (excludes halogenated alkanes) is 1. The summed E-state index contributed by atoms with van der Waals surface area (Å²) in [5, 5.41) is 0. The maximum atomic E-state index is 13.5. The van der Waals surface area contributed by atoms with Gasteiger partial charge in [0.2, 0.25) is 29.1 Å². The molecule has 27 heavy (non-hydrogen) atoms. The van der Waals surface area contributed by atoms with Crippen LogP contribution in [0.15, 0.2) is 0 Å². The van der Waals surface area contributed by atoms with Gasteiger partial charge in [0.15, 0.2) is 16.2 Å². The molecule has 0 fully saturated rings. The maximum absolute atomic E-state index is 13.5. The SMILES string of the molecule is CC(C)OC(CCCCOc1c(F)c(F)c(F)c(F)c1F)(O[SiH3])OC(C)C. The highest BCUT2D eigenvalue weighted by molar-refractivity contribution is 5.98. The van der Waals surface area contributed by atoms with Gasteiger partial charge in [0.25, 0.3) is 5.97 Å². The van der Waals surface area contributed by atoms with E-state index in [9.17, 15) is 22.0 Å². The second kappa shape index (κ2) is 10.3. The summed E-state index contributed by atoms with van der Waals surface area (Å²) in [7, 11) is 0.351. The molecule has 0 spiro atoms. The summed E-state index contributed by atoms with van der Waals surface area (Å²) >= 11 is 0. The average molecular weight is 416 g/mol. The zero-order valence-electron chi connectivity index (χ0n) is 16.0. The summed E-state index contributed by atoms with van der Waals surface area (Å²) in [5.74, 6) is -12.8. The van der Waals surface area contributed by atoms with Crippen molar-refractivity contribution < 1.29 is 40.6 Å². The van der Waals surface area contributed by atoms with Crippen LogP contribution in [-0.4, -0.2) is 35.3 Å². The van der Waals surface area contributed by atoms with Crippen LogP contribution in [0.2, 0.25) is 0 Å². The second-order valence-corrected chi connectivity index (χ2v) is 6.83. The summed E-state index contributed by atoms with van der Waals surface area (Å²) in [6.07, 6.45) is 0.657. The molecule has 156 valence electrons. The molecule has 0 saturated carbocycles. The molecule has 0 bridgehead atoms. The normalized spacial score (nSPS) is 12.4. The van der Waals surface area contributed by atoms with Gasteiger partial charge in [-0.3, -0.25) is 0 Å². The van der Waals surface area contributed by atoms with Crippen LogP contribution < -0.4 is 4.74 Å². The Morgan fingerprint density at radius 2 is 1.22 bits per heavy atom. The number of benzene rings is 1. The van der Waals surface area contributed by atoms with E-state index in [1.165, 1.54) is 0 Å². The molecule has 0 aliphatic rings. The topological polar surface area (TPSA) is 36.9 Å². The third-order valence-electron chi connectivity index (χ3n) is 3.43. The van der Waals surface area contributed by atoms with E-state index >= 15 is 0 Å². The summed E-state index contributed by atoms with van der Waals surface area (Å²) in [6.45, 7) is 7.05. The molecule has 1 aromatic rings. The van der Waals surface area contributed by atoms with Gasteiger partial charge in [-0.05, 0) is 40.5 Å². The minimum absolute atomic E-state index is 0.165. The Hall–Kier alpha value is -1.23. The highest BCUT2D eigenvalue weighted by Gasteiger charge is 2.33. The molecule has 0 heterocycles. The second-order valence-electron chi connectivity index (χ2n) is 6.42. The van der Waals surface area contributed by atoms with Crippen LogP contribution >= 0.6 is 0 Å². The first-order valence-corrected chi connectivity index (χ1v) is 9.41. The lowest BCUT2D eigenvalue weighted by molar-refractivity contribution is -0.369. The number of hydrogen-bond acceptors (Lipinski definition) is 4. The number of hydrogen-bond donors (Lipinski definition) is 0.